The number of halogens is 4. The monoisotopic (exact) mass is 687 g/mol. The first-order valence-corrected chi connectivity index (χ1v) is 18.8. The molecule has 1 nitrogen and oxygen atoms in total. The molecular weight excluding hydrogens is 678 g/mol. The van der Waals surface area contributed by atoms with Crippen LogP contribution in [0, 0.1) is 3.57 Å². The molecule has 3 aromatic rings. The first-order valence-electron chi connectivity index (χ1n) is 5.11. The molecule has 5 heteroatoms. The molecule has 3 rings (SSSR count). The molecule has 0 radical (unpaired) electrons. The van der Waals surface area contributed by atoms with E-state index < -0.39 is 0 Å². The van der Waals surface area contributed by atoms with E-state index in [0.717, 1.165) is 0 Å². The molecule has 0 saturated heterocycles. The number of aromatic nitrogens is 1. The molecule has 0 fully saturated rings. The average molecular weight is 687 g/mol. The van der Waals surface area contributed by atoms with Crippen LogP contribution in [0.1, 0.15) is 0 Å². The number of benzene rings is 1. The molecule has 0 saturated carbocycles. The molecule has 1 aromatic carbocycles. The minimum absolute atomic E-state index is 0.530. The van der Waals surface area contributed by atoms with Gasteiger partial charge in [-0.1, -0.05) is 0 Å². The second-order valence-corrected chi connectivity index (χ2v) is 21.1. The van der Waals surface area contributed by atoms with Gasteiger partial charge in [-0.15, -0.1) is 0 Å². The van der Waals surface area contributed by atoms with Crippen molar-refractivity contribution in [2.24, 2.45) is 0 Å². The molecule has 2 heterocycles. The van der Waals surface area contributed by atoms with Crippen molar-refractivity contribution in [3.8, 4) is 0 Å². The van der Waals surface area contributed by atoms with E-state index >= 15 is 0 Å². The van der Waals surface area contributed by atoms with E-state index in [1.165, 1.54) is 19.9 Å². The van der Waals surface area contributed by atoms with Gasteiger partial charge in [0.2, 0.25) is 5.52 Å². The normalized spacial score (nSPS) is 10.4. The Balaban J connectivity index is 0.000000367. The first-order chi connectivity index (χ1) is 8.74. The predicted molar refractivity (Wildman–Crippen MR) is 97.9 cm³/mol. The summed E-state index contributed by atoms with van der Waals surface area (Å²) in [6.45, 7) is 0. The maximum atomic E-state index is 2.39. The summed E-state index contributed by atoms with van der Waals surface area (Å²) in [6.07, 6.45) is 4.24. The Labute approximate surface area is 149 Å². The van der Waals surface area contributed by atoms with Crippen molar-refractivity contribution in [3.63, 3.8) is 0 Å². The zero-order chi connectivity index (χ0) is 13.0. The van der Waals surface area contributed by atoms with Gasteiger partial charge in [0.15, 0.2) is 12.4 Å². The van der Waals surface area contributed by atoms with Gasteiger partial charge < -0.3 is 0 Å². The van der Waals surface area contributed by atoms with Gasteiger partial charge in [-0.05, 0) is 52.2 Å². The van der Waals surface area contributed by atoms with Crippen molar-refractivity contribution in [3.05, 3.63) is 58.4 Å². The third-order valence-electron chi connectivity index (χ3n) is 2.55. The van der Waals surface area contributed by atoms with Crippen LogP contribution in [0.2, 0.25) is 0 Å². The summed E-state index contributed by atoms with van der Waals surface area (Å²) in [5.41, 5.74) is 1.23. The summed E-state index contributed by atoms with van der Waals surface area (Å²) < 4.78 is 3.43. The first kappa shape index (κ1) is 15.4. The maximum Gasteiger partial charge on any atom is 0.211 e. The van der Waals surface area contributed by atoms with Gasteiger partial charge >= 0.3 is 50.5 Å². The smallest absolute Gasteiger partial charge is 0.167 e. The van der Waals surface area contributed by atoms with E-state index in [9.17, 15) is 0 Å². The molecule has 0 aliphatic carbocycles. The molecule has 94 valence electrons. The van der Waals surface area contributed by atoms with Gasteiger partial charge in [0.25, 0.3) is 0 Å². The third kappa shape index (κ3) is 4.01. The van der Waals surface area contributed by atoms with Crippen molar-refractivity contribution in [1.29, 1.82) is 0 Å². The molecule has 0 aliphatic rings. The van der Waals surface area contributed by atoms with Crippen molar-refractivity contribution >= 4 is 76.1 Å². The number of nitrogens with zero attached hydrogens (tertiary/aromatic N) is 1. The fraction of sp³-hybridized carbons (Fsp3) is 0. The molecular formula is C13H9I4N. The van der Waals surface area contributed by atoms with Gasteiger partial charge in [-0.2, -0.15) is 4.40 Å². The number of rotatable bonds is 0. The summed E-state index contributed by atoms with van der Waals surface area (Å²) in [4.78, 5) is 0. The Morgan fingerprint density at radius 1 is 0.944 bits per heavy atom. The van der Waals surface area contributed by atoms with E-state index in [2.05, 4.69) is 113 Å². The van der Waals surface area contributed by atoms with Crippen LogP contribution in [0.4, 0.5) is 0 Å². The summed E-state index contributed by atoms with van der Waals surface area (Å²) in [6, 6.07) is 15.0. The molecule has 0 N–H and O–H groups in total. The van der Waals surface area contributed by atoms with Gasteiger partial charge in [0.05, 0.1) is 0 Å². The van der Waals surface area contributed by atoms with E-state index in [1.54, 1.807) is 0 Å². The minimum Gasteiger partial charge on any atom is -0.167 e. The van der Waals surface area contributed by atoms with E-state index in [0.29, 0.717) is 13.3 Å². The Kier molecular flexibility index (Phi) is 6.61. The fourth-order valence-electron chi connectivity index (χ4n) is 1.81. The van der Waals surface area contributed by atoms with Crippen LogP contribution in [-0.4, -0.2) is 0 Å². The van der Waals surface area contributed by atoms with Crippen LogP contribution >= 0.6 is 59.8 Å². The molecule has 0 unspecified atom stereocenters. The van der Waals surface area contributed by atoms with Crippen molar-refractivity contribution < 1.29 is 17.7 Å². The van der Waals surface area contributed by atoms with Gasteiger partial charge in [-0.25, -0.2) is 0 Å². The number of pyridine rings is 2. The fourth-order valence-corrected chi connectivity index (χ4v) is 2.32. The predicted octanol–water partition coefficient (Wildman–Crippen LogP) is 1.96. The number of hydrogen-bond acceptors (Lipinski definition) is 0. The Bertz CT molecular complexity index is 669. The van der Waals surface area contributed by atoms with Crippen LogP contribution < -0.4 is 17.7 Å². The van der Waals surface area contributed by atoms with Crippen LogP contribution in [0.3, 0.4) is 0 Å². The van der Waals surface area contributed by atoms with E-state index in [1.807, 2.05) is 6.07 Å². The standard InChI is InChI=1S/C13H9IN.I3/c14-12-5-4-10-9-15-6-2-1-3-13(15)8-11(10)7-12;1-3-2/h1-9H;/q+1;-1. The average Bonchev–Trinajstić information content (AvgIpc) is 2.37. The SMILES string of the molecule is I[I-]I.Ic1ccc2c[n+]3ccccc3cc2c1. The van der Waals surface area contributed by atoms with Crippen LogP contribution in [0.15, 0.2) is 54.9 Å². The molecule has 2 aromatic heterocycles. The molecule has 0 amide bonds. The largest absolute Gasteiger partial charge is 0.211 e. The van der Waals surface area contributed by atoms with Crippen LogP contribution in [-0.2, 0) is 0 Å². The van der Waals surface area contributed by atoms with E-state index in [-0.39, 0.29) is 0 Å². The summed E-state index contributed by atoms with van der Waals surface area (Å²) in [5.74, 6) is 0. The van der Waals surface area contributed by atoms with Crippen molar-refractivity contribution in [1.82, 2.24) is 0 Å². The quantitative estimate of drug-likeness (QED) is 0.194. The Morgan fingerprint density at radius 2 is 1.72 bits per heavy atom. The Morgan fingerprint density at radius 3 is 2.50 bits per heavy atom. The molecule has 0 aliphatic heterocycles. The second-order valence-electron chi connectivity index (χ2n) is 3.63. The molecule has 18 heavy (non-hydrogen) atoms. The van der Waals surface area contributed by atoms with E-state index in [4.69, 9.17) is 0 Å². The van der Waals surface area contributed by atoms with Gasteiger partial charge in [0, 0.05) is 27.2 Å². The van der Waals surface area contributed by atoms with Crippen molar-refractivity contribution in [2.45, 2.75) is 0 Å². The zero-order valence-corrected chi connectivity index (χ0v) is 17.8. The molecule has 0 spiro atoms. The molecule has 0 atom stereocenters. The van der Waals surface area contributed by atoms with Gasteiger partial charge in [0.1, 0.15) is 0 Å². The zero-order valence-electron chi connectivity index (χ0n) is 9.16. The molecule has 0 bridgehead atoms. The van der Waals surface area contributed by atoms with Crippen molar-refractivity contribution in [2.75, 3.05) is 0 Å². The minimum atomic E-state index is 0.530. The van der Waals surface area contributed by atoms with Crippen LogP contribution in [0.25, 0.3) is 16.3 Å². The Hall–Kier alpha value is 1.03. The van der Waals surface area contributed by atoms with Gasteiger partial charge in [-0.3, -0.25) is 0 Å². The number of hydrogen-bond donors (Lipinski definition) is 0. The second kappa shape index (κ2) is 7.72. The summed E-state index contributed by atoms with van der Waals surface area (Å²) in [5, 5.41) is 2.58. The summed E-state index contributed by atoms with van der Waals surface area (Å²) in [7, 11) is 0. The maximum absolute atomic E-state index is 2.39. The van der Waals surface area contributed by atoms with Crippen LogP contribution in [0.5, 0.6) is 0 Å². The summed E-state index contributed by atoms with van der Waals surface area (Å²) >= 11 is 7.64. The number of fused-ring (bicyclic) bond motifs is 2. The topological polar surface area (TPSA) is 4.10 Å². The third-order valence-corrected chi connectivity index (χ3v) is 3.22.